The number of carbonyl (C=O) groups is 1. The van der Waals surface area contributed by atoms with Crippen molar-refractivity contribution in [3.05, 3.63) is 18.2 Å². The molecule has 0 bridgehead atoms. The molecule has 1 aromatic carbocycles. The van der Waals surface area contributed by atoms with Gasteiger partial charge in [-0.1, -0.05) is 0 Å². The van der Waals surface area contributed by atoms with E-state index in [-0.39, 0.29) is 18.1 Å². The molecule has 0 atom stereocenters. The standard InChI is InChI=1S/C12H13N5O3S/c13-4-1-5-15-11(18)7-21(19,20)12-16-9-3-2-8(14)6-10(9)17-12/h2-3,6H,1,5,7,14H2,(H,15,18)(H,16,17). The molecule has 0 saturated carbocycles. The number of H-pyrrole nitrogens is 1. The second-order valence-electron chi connectivity index (χ2n) is 4.34. The predicted molar refractivity (Wildman–Crippen MR) is 75.8 cm³/mol. The molecule has 4 N–H and O–H groups in total. The summed E-state index contributed by atoms with van der Waals surface area (Å²) in [6.07, 6.45) is 0.121. The number of sulfone groups is 1. The molecule has 0 aliphatic carbocycles. The Balaban J connectivity index is 2.18. The van der Waals surface area contributed by atoms with Gasteiger partial charge in [-0.15, -0.1) is 0 Å². The number of rotatable bonds is 5. The Morgan fingerprint density at radius 1 is 1.48 bits per heavy atom. The molecule has 0 radical (unpaired) electrons. The first kappa shape index (κ1) is 14.8. The lowest BCUT2D eigenvalue weighted by Crippen LogP contribution is -2.31. The topological polar surface area (TPSA) is 142 Å². The van der Waals surface area contributed by atoms with Gasteiger partial charge >= 0.3 is 0 Å². The molecular weight excluding hydrogens is 294 g/mol. The van der Waals surface area contributed by atoms with Crippen LogP contribution in [0.3, 0.4) is 0 Å². The van der Waals surface area contributed by atoms with Gasteiger partial charge in [0.05, 0.1) is 23.5 Å². The molecule has 0 spiro atoms. The average molecular weight is 307 g/mol. The Labute approximate surface area is 120 Å². The lowest BCUT2D eigenvalue weighted by atomic mass is 10.3. The van der Waals surface area contributed by atoms with Crippen molar-refractivity contribution in [3.63, 3.8) is 0 Å². The fourth-order valence-corrected chi connectivity index (χ4v) is 2.79. The molecule has 8 nitrogen and oxygen atoms in total. The van der Waals surface area contributed by atoms with Crippen molar-refractivity contribution >= 4 is 32.5 Å². The summed E-state index contributed by atoms with van der Waals surface area (Å²) >= 11 is 0. The number of carbonyl (C=O) groups excluding carboxylic acids is 1. The van der Waals surface area contributed by atoms with Crippen LogP contribution in [-0.4, -0.2) is 36.6 Å². The minimum atomic E-state index is -3.87. The first-order valence-electron chi connectivity index (χ1n) is 6.04. The number of aromatic amines is 1. The first-order valence-corrected chi connectivity index (χ1v) is 7.69. The number of nitrogen functional groups attached to an aromatic ring is 1. The van der Waals surface area contributed by atoms with E-state index < -0.39 is 21.5 Å². The van der Waals surface area contributed by atoms with E-state index in [0.29, 0.717) is 16.7 Å². The highest BCUT2D eigenvalue weighted by molar-refractivity contribution is 7.91. The Morgan fingerprint density at radius 2 is 2.24 bits per heavy atom. The summed E-state index contributed by atoms with van der Waals surface area (Å²) in [7, 11) is -3.87. The summed E-state index contributed by atoms with van der Waals surface area (Å²) < 4.78 is 24.2. The molecule has 0 fully saturated rings. The summed E-state index contributed by atoms with van der Waals surface area (Å²) in [4.78, 5) is 18.1. The number of imidazole rings is 1. The number of anilines is 1. The molecule has 0 aliphatic rings. The van der Waals surface area contributed by atoms with Gasteiger partial charge in [-0.25, -0.2) is 13.4 Å². The van der Waals surface area contributed by atoms with Crippen molar-refractivity contribution in [1.29, 1.82) is 5.26 Å². The van der Waals surface area contributed by atoms with E-state index in [0.717, 1.165) is 0 Å². The number of benzene rings is 1. The molecule has 2 aromatic rings. The number of nitrogens with one attached hydrogen (secondary N) is 2. The van der Waals surface area contributed by atoms with Gasteiger partial charge in [0.15, 0.2) is 0 Å². The van der Waals surface area contributed by atoms with E-state index in [9.17, 15) is 13.2 Å². The van der Waals surface area contributed by atoms with Gasteiger partial charge in [-0.2, -0.15) is 5.26 Å². The normalized spacial score (nSPS) is 11.2. The average Bonchev–Trinajstić information content (AvgIpc) is 2.82. The van der Waals surface area contributed by atoms with Crippen LogP contribution in [0.2, 0.25) is 0 Å². The number of amides is 1. The number of nitriles is 1. The van der Waals surface area contributed by atoms with E-state index in [1.165, 1.54) is 0 Å². The van der Waals surface area contributed by atoms with Crippen LogP contribution in [-0.2, 0) is 14.6 Å². The van der Waals surface area contributed by atoms with Crippen LogP contribution in [0, 0.1) is 11.3 Å². The van der Waals surface area contributed by atoms with Crippen LogP contribution in [0.4, 0.5) is 5.69 Å². The number of nitrogens with two attached hydrogens (primary N) is 1. The second-order valence-corrected chi connectivity index (χ2v) is 6.24. The van der Waals surface area contributed by atoms with Crippen molar-refractivity contribution < 1.29 is 13.2 Å². The number of hydrogen-bond donors (Lipinski definition) is 3. The van der Waals surface area contributed by atoms with Gasteiger partial charge in [0.25, 0.3) is 0 Å². The molecule has 21 heavy (non-hydrogen) atoms. The molecule has 1 amide bonds. The summed E-state index contributed by atoms with van der Waals surface area (Å²) in [6.45, 7) is 0.113. The number of aromatic nitrogens is 2. The van der Waals surface area contributed by atoms with Crippen molar-refractivity contribution in [2.75, 3.05) is 18.0 Å². The van der Waals surface area contributed by atoms with Crippen molar-refractivity contribution in [2.24, 2.45) is 0 Å². The van der Waals surface area contributed by atoms with Crippen molar-refractivity contribution in [1.82, 2.24) is 15.3 Å². The Hall–Kier alpha value is -2.60. The third-order valence-electron chi connectivity index (χ3n) is 2.66. The molecular formula is C12H13N5O3S. The van der Waals surface area contributed by atoms with Gasteiger partial charge in [-0.3, -0.25) is 4.79 Å². The van der Waals surface area contributed by atoms with Crippen molar-refractivity contribution in [3.8, 4) is 6.07 Å². The maximum Gasteiger partial charge on any atom is 0.235 e. The molecule has 0 unspecified atom stereocenters. The molecule has 9 heteroatoms. The molecule has 0 aliphatic heterocycles. The maximum atomic E-state index is 12.1. The maximum absolute atomic E-state index is 12.1. The zero-order chi connectivity index (χ0) is 15.5. The SMILES string of the molecule is N#CCCNC(=O)CS(=O)(=O)c1nc2ccc(N)cc2[nH]1. The monoisotopic (exact) mass is 307 g/mol. The quantitative estimate of drug-likeness (QED) is 0.522. The zero-order valence-corrected chi connectivity index (χ0v) is 11.8. The van der Waals surface area contributed by atoms with E-state index >= 15 is 0 Å². The minimum absolute atomic E-state index is 0.113. The largest absolute Gasteiger partial charge is 0.399 e. The van der Waals surface area contributed by atoms with Gasteiger partial charge in [0, 0.05) is 12.2 Å². The number of fused-ring (bicyclic) bond motifs is 1. The molecule has 110 valence electrons. The van der Waals surface area contributed by atoms with Crippen molar-refractivity contribution in [2.45, 2.75) is 11.6 Å². The minimum Gasteiger partial charge on any atom is -0.399 e. The first-order chi connectivity index (χ1) is 9.92. The van der Waals surface area contributed by atoms with E-state index in [2.05, 4.69) is 15.3 Å². The zero-order valence-electron chi connectivity index (χ0n) is 11.0. The third kappa shape index (κ3) is 3.49. The van der Waals surface area contributed by atoms with Crippen LogP contribution in [0.15, 0.2) is 23.4 Å². The van der Waals surface area contributed by atoms with Crippen LogP contribution < -0.4 is 11.1 Å². The summed E-state index contributed by atoms with van der Waals surface area (Å²) in [5, 5.41) is 10.4. The summed E-state index contributed by atoms with van der Waals surface area (Å²) in [6, 6.07) is 6.61. The Morgan fingerprint density at radius 3 is 2.95 bits per heavy atom. The smallest absolute Gasteiger partial charge is 0.235 e. The molecule has 2 rings (SSSR count). The lowest BCUT2D eigenvalue weighted by molar-refractivity contribution is -0.118. The molecule has 0 saturated heterocycles. The fourth-order valence-electron chi connectivity index (χ4n) is 1.70. The van der Waals surface area contributed by atoms with Gasteiger partial charge in [0.1, 0.15) is 5.75 Å². The number of hydrogen-bond acceptors (Lipinski definition) is 6. The van der Waals surface area contributed by atoms with Crippen LogP contribution >= 0.6 is 0 Å². The van der Waals surface area contributed by atoms with Crippen LogP contribution in [0.5, 0.6) is 0 Å². The highest BCUT2D eigenvalue weighted by Gasteiger charge is 2.23. The summed E-state index contributed by atoms with van der Waals surface area (Å²) in [5.74, 6) is -1.40. The highest BCUT2D eigenvalue weighted by atomic mass is 32.2. The highest BCUT2D eigenvalue weighted by Crippen LogP contribution is 2.17. The fraction of sp³-hybridized carbons (Fsp3) is 0.250. The third-order valence-corrected chi connectivity index (χ3v) is 4.08. The van der Waals surface area contributed by atoms with Gasteiger partial charge < -0.3 is 16.0 Å². The van der Waals surface area contributed by atoms with Crippen LogP contribution in [0.25, 0.3) is 11.0 Å². The van der Waals surface area contributed by atoms with E-state index in [4.69, 9.17) is 11.0 Å². The van der Waals surface area contributed by atoms with E-state index in [1.807, 2.05) is 6.07 Å². The summed E-state index contributed by atoms with van der Waals surface area (Å²) in [5.41, 5.74) is 7.02. The predicted octanol–water partition coefficient (Wildman–Crippen LogP) is -0.0513. The van der Waals surface area contributed by atoms with E-state index in [1.54, 1.807) is 18.2 Å². The van der Waals surface area contributed by atoms with Gasteiger partial charge in [0.2, 0.25) is 20.9 Å². The van der Waals surface area contributed by atoms with Crippen LogP contribution in [0.1, 0.15) is 6.42 Å². The second kappa shape index (κ2) is 5.80. The number of nitrogens with zero attached hydrogens (tertiary/aromatic N) is 2. The Bertz CT molecular complexity index is 819. The lowest BCUT2D eigenvalue weighted by Gasteiger charge is -2.02. The van der Waals surface area contributed by atoms with Gasteiger partial charge in [-0.05, 0) is 18.2 Å². The molecule has 1 heterocycles. The molecule has 1 aromatic heterocycles. The Kier molecular flexibility index (Phi) is 4.09.